The standard InChI is InChI=1S/C73H137NO5/c1-3-5-7-9-11-13-15-17-19-21-23-25-27-29-31-32-33-34-35-36-37-38-39-41-43-45-47-49-51-53-55-57-59-61-63-65-67-71(77)73(79)74-69(68-75)72(78)70(76)66-64-62-60-58-56-54-52-50-48-46-44-42-40-30-28-26-24-22-20-18-16-14-12-10-8-6-4-2/h31-32,34-35,42,44,50,52,58,60,69-72,75-78H,3-30,33,36-41,43,45-49,51,53-57,59,61-68H2,1-2H3,(H,74,79)/b32-31-,35-34-,44-42+,52-50+,60-58+. The number of amides is 1. The zero-order valence-corrected chi connectivity index (χ0v) is 52.9. The first kappa shape index (κ1) is 77.0. The van der Waals surface area contributed by atoms with Crippen molar-refractivity contribution in [1.82, 2.24) is 5.32 Å². The first-order chi connectivity index (χ1) is 39.0. The average molecular weight is 1110 g/mol. The quantitative estimate of drug-likeness (QED) is 0.0308. The number of nitrogens with one attached hydrogen (secondary N) is 1. The fraction of sp³-hybridized carbons (Fsp3) is 0.849. The Bertz CT molecular complexity index is 1340. The highest BCUT2D eigenvalue weighted by Gasteiger charge is 2.28. The fourth-order valence-electron chi connectivity index (χ4n) is 10.9. The van der Waals surface area contributed by atoms with Crippen LogP contribution in [0.2, 0.25) is 0 Å². The molecule has 4 atom stereocenters. The Morgan fingerprint density at radius 3 is 0.873 bits per heavy atom. The van der Waals surface area contributed by atoms with Gasteiger partial charge in [-0.3, -0.25) is 4.79 Å². The molecule has 0 aromatic rings. The summed E-state index contributed by atoms with van der Waals surface area (Å²) in [7, 11) is 0. The second-order valence-electron chi connectivity index (χ2n) is 24.2. The zero-order valence-electron chi connectivity index (χ0n) is 52.9. The normalized spacial score (nSPS) is 13.8. The van der Waals surface area contributed by atoms with E-state index >= 15 is 0 Å². The van der Waals surface area contributed by atoms with Crippen molar-refractivity contribution in [3.8, 4) is 0 Å². The van der Waals surface area contributed by atoms with Crippen molar-refractivity contribution >= 4 is 5.91 Å². The molecule has 79 heavy (non-hydrogen) atoms. The summed E-state index contributed by atoms with van der Waals surface area (Å²) in [5.41, 5.74) is 0. The molecular weight excluding hydrogens is 971 g/mol. The minimum absolute atomic E-state index is 0.358. The Hall–Kier alpha value is -1.99. The monoisotopic (exact) mass is 1110 g/mol. The molecule has 0 aromatic carbocycles. The Kier molecular flexibility index (Phi) is 65.1. The van der Waals surface area contributed by atoms with Crippen LogP contribution in [0.25, 0.3) is 0 Å². The molecule has 0 aliphatic rings. The molecule has 0 fully saturated rings. The first-order valence-electron chi connectivity index (χ1n) is 35.2. The largest absolute Gasteiger partial charge is 0.394 e. The zero-order chi connectivity index (χ0) is 57.3. The van der Waals surface area contributed by atoms with Crippen LogP contribution >= 0.6 is 0 Å². The number of carbonyl (C=O) groups is 1. The van der Waals surface area contributed by atoms with Gasteiger partial charge in [-0.25, -0.2) is 0 Å². The number of aliphatic hydroxyl groups is 4. The summed E-state index contributed by atoms with van der Waals surface area (Å²) in [6, 6.07) is -1.02. The van der Waals surface area contributed by atoms with Crippen molar-refractivity contribution in [3.63, 3.8) is 0 Å². The number of carbonyl (C=O) groups excluding carboxylic acids is 1. The van der Waals surface area contributed by atoms with Gasteiger partial charge < -0.3 is 25.7 Å². The van der Waals surface area contributed by atoms with E-state index in [-0.39, 0.29) is 0 Å². The van der Waals surface area contributed by atoms with E-state index in [1.165, 1.54) is 276 Å². The predicted octanol–water partition coefficient (Wildman–Crippen LogP) is 21.8. The highest BCUT2D eigenvalue weighted by molar-refractivity contribution is 5.80. The van der Waals surface area contributed by atoms with Crippen LogP contribution in [-0.4, -0.2) is 57.3 Å². The van der Waals surface area contributed by atoms with Crippen LogP contribution in [0.1, 0.15) is 367 Å². The molecule has 1 amide bonds. The van der Waals surface area contributed by atoms with Crippen molar-refractivity contribution in [1.29, 1.82) is 0 Å². The number of rotatable bonds is 65. The van der Waals surface area contributed by atoms with Gasteiger partial charge in [0.15, 0.2) is 0 Å². The minimum Gasteiger partial charge on any atom is -0.394 e. The summed E-state index contributed by atoms with van der Waals surface area (Å²) in [5.74, 6) is -0.596. The van der Waals surface area contributed by atoms with Gasteiger partial charge in [-0.2, -0.15) is 0 Å². The Morgan fingerprint density at radius 2 is 0.570 bits per heavy atom. The fourth-order valence-corrected chi connectivity index (χ4v) is 10.9. The highest BCUT2D eigenvalue weighted by atomic mass is 16.3. The number of unbranched alkanes of at least 4 members (excludes halogenated alkanes) is 46. The van der Waals surface area contributed by atoms with E-state index in [0.717, 1.165) is 57.8 Å². The van der Waals surface area contributed by atoms with Crippen molar-refractivity contribution in [2.45, 2.75) is 391 Å². The maximum absolute atomic E-state index is 12.7. The summed E-state index contributed by atoms with van der Waals surface area (Å²) in [6.07, 6.45) is 89.2. The molecule has 0 spiro atoms. The van der Waals surface area contributed by atoms with E-state index < -0.39 is 36.9 Å². The lowest BCUT2D eigenvalue weighted by atomic mass is 10.00. The maximum Gasteiger partial charge on any atom is 0.249 e. The number of allylic oxidation sites excluding steroid dienone is 10. The lowest BCUT2D eigenvalue weighted by Gasteiger charge is -2.27. The molecule has 0 heterocycles. The van der Waals surface area contributed by atoms with Crippen LogP contribution in [0.5, 0.6) is 0 Å². The van der Waals surface area contributed by atoms with Gasteiger partial charge in [0.2, 0.25) is 5.91 Å². The molecule has 5 N–H and O–H groups in total. The molecule has 0 aliphatic heterocycles. The number of hydrogen-bond acceptors (Lipinski definition) is 5. The third-order valence-corrected chi connectivity index (χ3v) is 16.4. The third kappa shape index (κ3) is 60.4. The van der Waals surface area contributed by atoms with Crippen LogP contribution in [0.4, 0.5) is 0 Å². The summed E-state index contributed by atoms with van der Waals surface area (Å²) < 4.78 is 0. The second-order valence-corrected chi connectivity index (χ2v) is 24.2. The van der Waals surface area contributed by atoms with Crippen molar-refractivity contribution in [3.05, 3.63) is 60.8 Å². The Morgan fingerprint density at radius 1 is 0.316 bits per heavy atom. The van der Waals surface area contributed by atoms with E-state index in [4.69, 9.17) is 0 Å². The summed E-state index contributed by atoms with van der Waals surface area (Å²) >= 11 is 0. The molecule has 4 unspecified atom stereocenters. The minimum atomic E-state index is -1.30. The number of aliphatic hydroxyl groups excluding tert-OH is 4. The van der Waals surface area contributed by atoms with Crippen molar-refractivity contribution < 1.29 is 25.2 Å². The Labute approximate surface area is 492 Å². The van der Waals surface area contributed by atoms with Crippen molar-refractivity contribution in [2.75, 3.05) is 6.61 Å². The molecule has 0 bridgehead atoms. The van der Waals surface area contributed by atoms with Gasteiger partial charge >= 0.3 is 0 Å². The van der Waals surface area contributed by atoms with E-state index in [9.17, 15) is 25.2 Å². The lowest BCUT2D eigenvalue weighted by molar-refractivity contribution is -0.132. The van der Waals surface area contributed by atoms with Crippen LogP contribution in [-0.2, 0) is 4.79 Å². The molecule has 0 radical (unpaired) electrons. The molecule has 464 valence electrons. The van der Waals surface area contributed by atoms with Gasteiger partial charge in [-0.1, -0.05) is 331 Å². The highest BCUT2D eigenvalue weighted by Crippen LogP contribution is 2.18. The molecule has 0 aliphatic carbocycles. The smallest absolute Gasteiger partial charge is 0.249 e. The molecule has 0 saturated carbocycles. The molecular formula is C73H137NO5. The number of hydrogen-bond donors (Lipinski definition) is 5. The maximum atomic E-state index is 12.7. The van der Waals surface area contributed by atoms with Gasteiger partial charge in [0.25, 0.3) is 0 Å². The summed E-state index contributed by atoms with van der Waals surface area (Å²) in [4.78, 5) is 12.7. The SMILES string of the molecule is CCCCCCCCCCCCCCC/C=C\C/C=C\CCCCCCCCCCCCCCCCCCC(O)C(=O)NC(CO)C(O)C(O)CCC/C=C/CC/C=C/CC/C=C/CCCCCCCCCCCCCCCC. The van der Waals surface area contributed by atoms with E-state index in [1.54, 1.807) is 0 Å². The van der Waals surface area contributed by atoms with Gasteiger partial charge in [-0.15, -0.1) is 0 Å². The summed E-state index contributed by atoms with van der Waals surface area (Å²) in [6.45, 7) is 4.08. The van der Waals surface area contributed by atoms with Crippen LogP contribution < -0.4 is 5.32 Å². The topological polar surface area (TPSA) is 110 Å². The Balaban J connectivity index is 3.62. The van der Waals surface area contributed by atoms with Gasteiger partial charge in [0, 0.05) is 0 Å². The second kappa shape index (κ2) is 66.8. The van der Waals surface area contributed by atoms with Crippen molar-refractivity contribution in [2.24, 2.45) is 0 Å². The molecule has 0 saturated heterocycles. The molecule has 6 heteroatoms. The van der Waals surface area contributed by atoms with Gasteiger partial charge in [-0.05, 0) is 96.3 Å². The van der Waals surface area contributed by atoms with Crippen LogP contribution in [0, 0.1) is 0 Å². The van der Waals surface area contributed by atoms with E-state index in [0.29, 0.717) is 19.3 Å². The lowest BCUT2D eigenvalue weighted by Crippen LogP contribution is -2.53. The summed E-state index contributed by atoms with van der Waals surface area (Å²) in [5, 5.41) is 44.2. The predicted molar refractivity (Wildman–Crippen MR) is 348 cm³/mol. The molecule has 0 rings (SSSR count). The van der Waals surface area contributed by atoms with Crippen LogP contribution in [0.3, 0.4) is 0 Å². The van der Waals surface area contributed by atoms with E-state index in [2.05, 4.69) is 79.9 Å². The first-order valence-corrected chi connectivity index (χ1v) is 35.2. The van der Waals surface area contributed by atoms with Crippen LogP contribution in [0.15, 0.2) is 60.8 Å². The molecule has 0 aromatic heterocycles. The van der Waals surface area contributed by atoms with Gasteiger partial charge in [0.1, 0.15) is 12.2 Å². The molecule has 6 nitrogen and oxygen atoms in total. The third-order valence-electron chi connectivity index (χ3n) is 16.4. The van der Waals surface area contributed by atoms with E-state index in [1.807, 2.05) is 0 Å². The average Bonchev–Trinajstić information content (AvgIpc) is 3.45. The van der Waals surface area contributed by atoms with Gasteiger partial charge in [0.05, 0.1) is 18.8 Å².